The van der Waals surface area contributed by atoms with Crippen LogP contribution in [0.3, 0.4) is 0 Å². The van der Waals surface area contributed by atoms with Crippen molar-refractivity contribution in [2.24, 2.45) is 5.92 Å². The molecule has 1 aromatic carbocycles. The zero-order valence-corrected chi connectivity index (χ0v) is 18.4. The third-order valence-electron chi connectivity index (χ3n) is 6.47. The van der Waals surface area contributed by atoms with Crippen LogP contribution in [0.1, 0.15) is 24.4 Å². The van der Waals surface area contributed by atoms with E-state index in [1.54, 1.807) is 6.20 Å². The number of aryl methyl sites for hydroxylation is 1. The minimum atomic E-state index is -0.828. The largest absolute Gasteiger partial charge is 0.390 e. The predicted molar refractivity (Wildman–Crippen MR) is 125 cm³/mol. The first-order chi connectivity index (χ1) is 14.9. The second-order valence-corrected chi connectivity index (χ2v) is 9.17. The molecule has 3 aromatic heterocycles. The number of nitrogen functional groups attached to an aromatic ring is 2. The van der Waals surface area contributed by atoms with E-state index in [9.17, 15) is 10.2 Å². The molecule has 4 aromatic rings. The van der Waals surface area contributed by atoms with Gasteiger partial charge in [-0.05, 0) is 70.9 Å². The number of fused-ring (bicyclic) bond motifs is 2. The van der Waals surface area contributed by atoms with E-state index in [-0.39, 0.29) is 12.0 Å². The molecular weight excluding hydrogens is 458 g/mol. The first-order valence-electron chi connectivity index (χ1n) is 10.3. The lowest BCUT2D eigenvalue weighted by Crippen LogP contribution is -2.29. The monoisotopic (exact) mass is 481 g/mol. The molecule has 0 spiro atoms. The molecule has 0 saturated heterocycles. The molecule has 31 heavy (non-hydrogen) atoms. The molecule has 1 saturated carbocycles. The lowest BCUT2D eigenvalue weighted by Gasteiger charge is -2.19. The number of benzene rings is 1. The number of anilines is 2. The quantitative estimate of drug-likeness (QED) is 0.354. The Balaban J connectivity index is 1.34. The lowest BCUT2D eigenvalue weighted by atomic mass is 9.95. The smallest absolute Gasteiger partial charge is 0.138 e. The molecule has 1 aliphatic rings. The van der Waals surface area contributed by atoms with Crippen molar-refractivity contribution in [3.8, 4) is 0 Å². The third-order valence-corrected chi connectivity index (χ3v) is 7.11. The average molecular weight is 482 g/mol. The van der Waals surface area contributed by atoms with Crippen molar-refractivity contribution < 1.29 is 10.2 Å². The number of pyridine rings is 2. The highest BCUT2D eigenvalue weighted by molar-refractivity contribution is 9.10. The summed E-state index contributed by atoms with van der Waals surface area (Å²) in [4.78, 5) is 8.58. The van der Waals surface area contributed by atoms with E-state index >= 15 is 0 Å². The standard InChI is InChI=1S/C23H24BrN5O2/c24-16-10-13-3-1-12(9-17(13)28-23(16)26)2-4-14-11-19(21(31)20(14)30)29-8-6-15-18(29)5-7-27-22(15)25/h1,3,5-10,14,19-21,30-31H,2,4,11H2,(H2,25,27)(H2,26,28)/t14-,19+,20+,21-/m0/s1. The summed E-state index contributed by atoms with van der Waals surface area (Å²) in [5.74, 6) is 0.935. The molecule has 8 heteroatoms. The first kappa shape index (κ1) is 20.2. The minimum Gasteiger partial charge on any atom is -0.390 e. The number of aliphatic hydroxyl groups excluding tert-OH is 2. The van der Waals surface area contributed by atoms with Crippen LogP contribution in [0.4, 0.5) is 11.6 Å². The van der Waals surface area contributed by atoms with E-state index in [4.69, 9.17) is 11.5 Å². The fraction of sp³-hybridized carbons (Fsp3) is 0.304. The van der Waals surface area contributed by atoms with Crippen LogP contribution in [-0.2, 0) is 6.42 Å². The maximum atomic E-state index is 10.8. The van der Waals surface area contributed by atoms with Gasteiger partial charge in [-0.3, -0.25) is 0 Å². The molecule has 6 N–H and O–H groups in total. The molecule has 3 heterocycles. The van der Waals surface area contributed by atoms with Gasteiger partial charge in [0.1, 0.15) is 17.7 Å². The molecule has 0 unspecified atom stereocenters. The number of rotatable bonds is 4. The van der Waals surface area contributed by atoms with Gasteiger partial charge in [-0.15, -0.1) is 0 Å². The summed E-state index contributed by atoms with van der Waals surface area (Å²) >= 11 is 3.41. The van der Waals surface area contributed by atoms with E-state index in [0.717, 1.165) is 44.7 Å². The Morgan fingerprint density at radius 3 is 2.74 bits per heavy atom. The summed E-state index contributed by atoms with van der Waals surface area (Å²) in [6.07, 6.45) is 4.25. The number of aliphatic hydroxyl groups is 2. The molecule has 0 radical (unpaired) electrons. The normalized spacial score (nSPS) is 23.7. The van der Waals surface area contributed by atoms with Gasteiger partial charge in [0.15, 0.2) is 0 Å². The topological polar surface area (TPSA) is 123 Å². The Morgan fingerprint density at radius 1 is 1.06 bits per heavy atom. The Labute approximate surface area is 187 Å². The van der Waals surface area contributed by atoms with E-state index < -0.39 is 12.2 Å². The fourth-order valence-electron chi connectivity index (χ4n) is 4.77. The molecule has 1 aliphatic carbocycles. The van der Waals surface area contributed by atoms with Gasteiger partial charge in [0.25, 0.3) is 0 Å². The Kier molecular flexibility index (Phi) is 5.08. The van der Waals surface area contributed by atoms with Crippen LogP contribution in [0.25, 0.3) is 21.8 Å². The van der Waals surface area contributed by atoms with Crippen molar-refractivity contribution in [1.29, 1.82) is 0 Å². The van der Waals surface area contributed by atoms with Crippen molar-refractivity contribution in [2.75, 3.05) is 11.5 Å². The van der Waals surface area contributed by atoms with Crippen LogP contribution in [0.5, 0.6) is 0 Å². The summed E-state index contributed by atoms with van der Waals surface area (Å²) < 4.78 is 2.80. The maximum absolute atomic E-state index is 10.8. The second kappa shape index (κ2) is 7.78. The van der Waals surface area contributed by atoms with Crippen LogP contribution in [0.15, 0.2) is 53.3 Å². The zero-order valence-electron chi connectivity index (χ0n) is 16.8. The van der Waals surface area contributed by atoms with Gasteiger partial charge in [-0.1, -0.05) is 12.1 Å². The maximum Gasteiger partial charge on any atom is 0.138 e. The van der Waals surface area contributed by atoms with Crippen LogP contribution < -0.4 is 11.5 Å². The van der Waals surface area contributed by atoms with Gasteiger partial charge in [-0.2, -0.15) is 0 Å². The van der Waals surface area contributed by atoms with Gasteiger partial charge >= 0.3 is 0 Å². The Hall–Kier alpha value is -2.68. The van der Waals surface area contributed by atoms with Crippen LogP contribution >= 0.6 is 15.9 Å². The van der Waals surface area contributed by atoms with E-state index in [1.165, 1.54) is 0 Å². The molecule has 4 atom stereocenters. The minimum absolute atomic E-state index is 0.00437. The number of nitrogens with zero attached hydrogens (tertiary/aromatic N) is 3. The summed E-state index contributed by atoms with van der Waals surface area (Å²) in [5, 5.41) is 23.4. The SMILES string of the molecule is Nc1nc2cc(CC[C@H]3C[C@@H](n4ccc5c(N)nccc54)[C@H](O)[C@@H]3O)ccc2cc1Br. The molecule has 1 fully saturated rings. The van der Waals surface area contributed by atoms with Gasteiger partial charge in [0.05, 0.1) is 27.7 Å². The lowest BCUT2D eigenvalue weighted by molar-refractivity contribution is 0.00552. The Bertz CT molecular complexity index is 1270. The molecule has 160 valence electrons. The predicted octanol–water partition coefficient (Wildman–Crippen LogP) is 3.43. The van der Waals surface area contributed by atoms with Gasteiger partial charge in [0, 0.05) is 23.2 Å². The zero-order chi connectivity index (χ0) is 21.7. The van der Waals surface area contributed by atoms with Crippen molar-refractivity contribution in [3.05, 3.63) is 58.8 Å². The van der Waals surface area contributed by atoms with Crippen LogP contribution in [0, 0.1) is 5.92 Å². The Morgan fingerprint density at radius 2 is 1.90 bits per heavy atom. The molecule has 0 amide bonds. The fourth-order valence-corrected chi connectivity index (χ4v) is 5.11. The number of aromatic nitrogens is 3. The number of halogens is 1. The summed E-state index contributed by atoms with van der Waals surface area (Å²) in [7, 11) is 0. The van der Waals surface area contributed by atoms with Crippen LogP contribution in [0.2, 0.25) is 0 Å². The molecular formula is C23H24BrN5O2. The van der Waals surface area contributed by atoms with Gasteiger partial charge < -0.3 is 26.2 Å². The van der Waals surface area contributed by atoms with Crippen molar-refractivity contribution in [3.63, 3.8) is 0 Å². The number of hydrogen-bond donors (Lipinski definition) is 4. The number of nitrogens with two attached hydrogens (primary N) is 2. The highest BCUT2D eigenvalue weighted by Crippen LogP contribution is 2.40. The highest BCUT2D eigenvalue weighted by Gasteiger charge is 2.42. The second-order valence-electron chi connectivity index (χ2n) is 8.32. The van der Waals surface area contributed by atoms with E-state index in [2.05, 4.69) is 32.0 Å². The average Bonchev–Trinajstić information content (AvgIpc) is 3.30. The van der Waals surface area contributed by atoms with Crippen molar-refractivity contribution in [2.45, 2.75) is 37.5 Å². The van der Waals surface area contributed by atoms with Crippen molar-refractivity contribution >= 4 is 49.4 Å². The molecule has 5 rings (SSSR count). The summed E-state index contributed by atoms with van der Waals surface area (Å²) in [5.41, 5.74) is 14.8. The molecule has 0 bridgehead atoms. The van der Waals surface area contributed by atoms with Crippen LogP contribution in [-0.4, -0.2) is 37.0 Å². The summed E-state index contributed by atoms with van der Waals surface area (Å²) in [6.45, 7) is 0. The first-order valence-corrected chi connectivity index (χ1v) is 11.1. The molecule has 7 nitrogen and oxygen atoms in total. The third kappa shape index (κ3) is 3.54. The molecule has 0 aliphatic heterocycles. The van der Waals surface area contributed by atoms with Gasteiger partial charge in [-0.25, -0.2) is 9.97 Å². The number of hydrogen-bond acceptors (Lipinski definition) is 6. The van der Waals surface area contributed by atoms with Crippen molar-refractivity contribution in [1.82, 2.24) is 14.5 Å². The van der Waals surface area contributed by atoms with E-state index in [0.29, 0.717) is 18.1 Å². The van der Waals surface area contributed by atoms with E-state index in [1.807, 2.05) is 41.1 Å². The highest BCUT2D eigenvalue weighted by atomic mass is 79.9. The van der Waals surface area contributed by atoms with Gasteiger partial charge in [0.2, 0.25) is 0 Å². The summed E-state index contributed by atoms with van der Waals surface area (Å²) in [6, 6.07) is 11.7.